The van der Waals surface area contributed by atoms with Crippen molar-refractivity contribution in [2.45, 2.75) is 12.6 Å². The lowest BCUT2D eigenvalue weighted by molar-refractivity contribution is -0.147. The van der Waals surface area contributed by atoms with Crippen LogP contribution in [-0.2, 0) is 9.53 Å². The van der Waals surface area contributed by atoms with Crippen LogP contribution in [0.3, 0.4) is 0 Å². The highest BCUT2D eigenvalue weighted by Gasteiger charge is 2.33. The van der Waals surface area contributed by atoms with E-state index in [2.05, 4.69) is 4.74 Å². The van der Waals surface area contributed by atoms with Gasteiger partial charge in [-0.25, -0.2) is 0 Å². The number of benzene rings is 1. The molecule has 0 saturated carbocycles. The van der Waals surface area contributed by atoms with Crippen molar-refractivity contribution in [2.24, 2.45) is 0 Å². The molecule has 116 valence electrons. The Labute approximate surface area is 119 Å². The number of nitrogens with two attached hydrogens (primary N) is 1. The van der Waals surface area contributed by atoms with Gasteiger partial charge in [0.1, 0.15) is 6.54 Å². The summed E-state index contributed by atoms with van der Waals surface area (Å²) in [7, 11) is 1.12. The standard InChI is InChI=1S/C13H15F3N2O3/c1-21-11(19)5-6-18(8-13(14,15)16)12(20)9-3-2-4-10(17)7-9/h2-4,7H,5-6,8,17H2,1H3. The number of ether oxygens (including phenoxy) is 1. The number of nitrogen functional groups attached to an aromatic ring is 1. The second-order valence-electron chi connectivity index (χ2n) is 4.29. The van der Waals surface area contributed by atoms with Gasteiger partial charge in [0.25, 0.3) is 5.91 Å². The third-order valence-electron chi connectivity index (χ3n) is 2.60. The van der Waals surface area contributed by atoms with Gasteiger partial charge < -0.3 is 15.4 Å². The fourth-order valence-corrected chi connectivity index (χ4v) is 1.65. The first kappa shape index (κ1) is 16.8. The molecule has 0 spiro atoms. The Hall–Kier alpha value is -2.25. The molecule has 0 bridgehead atoms. The molecule has 1 amide bonds. The fourth-order valence-electron chi connectivity index (χ4n) is 1.65. The van der Waals surface area contributed by atoms with Crippen LogP contribution in [0.15, 0.2) is 24.3 Å². The Bertz CT molecular complexity index is 518. The van der Waals surface area contributed by atoms with Crippen molar-refractivity contribution in [2.75, 3.05) is 25.9 Å². The summed E-state index contributed by atoms with van der Waals surface area (Å²) in [6.07, 6.45) is -4.88. The average molecular weight is 304 g/mol. The van der Waals surface area contributed by atoms with E-state index in [1.54, 1.807) is 0 Å². The fraction of sp³-hybridized carbons (Fsp3) is 0.385. The number of carbonyl (C=O) groups is 2. The van der Waals surface area contributed by atoms with Gasteiger partial charge in [0.15, 0.2) is 0 Å². The molecule has 8 heteroatoms. The lowest BCUT2D eigenvalue weighted by Gasteiger charge is -2.23. The maximum Gasteiger partial charge on any atom is 0.406 e. The second-order valence-corrected chi connectivity index (χ2v) is 4.29. The number of hydrogen-bond donors (Lipinski definition) is 1. The van der Waals surface area contributed by atoms with Gasteiger partial charge in [-0.05, 0) is 18.2 Å². The molecule has 0 aliphatic heterocycles. The summed E-state index contributed by atoms with van der Waals surface area (Å²) in [6, 6.07) is 5.62. The first-order valence-electron chi connectivity index (χ1n) is 6.01. The maximum absolute atomic E-state index is 12.5. The van der Waals surface area contributed by atoms with Gasteiger partial charge in [-0.2, -0.15) is 13.2 Å². The van der Waals surface area contributed by atoms with Crippen LogP contribution in [0.5, 0.6) is 0 Å². The highest BCUT2D eigenvalue weighted by Crippen LogP contribution is 2.19. The van der Waals surface area contributed by atoms with Crippen LogP contribution in [-0.4, -0.2) is 43.2 Å². The average Bonchev–Trinajstić information content (AvgIpc) is 2.41. The van der Waals surface area contributed by atoms with E-state index in [0.29, 0.717) is 4.90 Å². The minimum absolute atomic E-state index is 0.0316. The normalized spacial score (nSPS) is 11.0. The van der Waals surface area contributed by atoms with Crippen molar-refractivity contribution in [1.82, 2.24) is 4.90 Å². The number of anilines is 1. The molecular formula is C13H15F3N2O3. The van der Waals surface area contributed by atoms with Crippen molar-refractivity contribution in [3.8, 4) is 0 Å². The summed E-state index contributed by atoms with van der Waals surface area (Å²) in [5.74, 6) is -1.54. The molecule has 0 aliphatic carbocycles. The molecule has 1 aromatic rings. The molecule has 1 aromatic carbocycles. The van der Waals surface area contributed by atoms with Crippen molar-refractivity contribution < 1.29 is 27.5 Å². The summed E-state index contributed by atoms with van der Waals surface area (Å²) < 4.78 is 42.0. The molecule has 1 rings (SSSR count). The summed E-state index contributed by atoms with van der Waals surface area (Å²) in [5.41, 5.74) is 5.80. The van der Waals surface area contributed by atoms with Gasteiger partial charge in [-0.1, -0.05) is 6.07 Å². The number of nitrogens with zero attached hydrogens (tertiary/aromatic N) is 1. The van der Waals surface area contributed by atoms with Crippen molar-refractivity contribution >= 4 is 17.6 Å². The quantitative estimate of drug-likeness (QED) is 0.665. The minimum Gasteiger partial charge on any atom is -0.469 e. The molecule has 0 radical (unpaired) electrons. The number of alkyl halides is 3. The van der Waals surface area contributed by atoms with E-state index in [9.17, 15) is 22.8 Å². The highest BCUT2D eigenvalue weighted by atomic mass is 19.4. The van der Waals surface area contributed by atoms with E-state index in [-0.39, 0.29) is 24.2 Å². The van der Waals surface area contributed by atoms with Crippen molar-refractivity contribution in [3.63, 3.8) is 0 Å². The zero-order valence-electron chi connectivity index (χ0n) is 11.3. The van der Waals surface area contributed by atoms with Gasteiger partial charge in [0.05, 0.1) is 13.5 Å². The third kappa shape index (κ3) is 5.72. The monoisotopic (exact) mass is 304 g/mol. The van der Waals surface area contributed by atoms with Gasteiger partial charge >= 0.3 is 12.1 Å². The lowest BCUT2D eigenvalue weighted by Crippen LogP contribution is -2.40. The molecule has 21 heavy (non-hydrogen) atoms. The minimum atomic E-state index is -4.56. The Morgan fingerprint density at radius 1 is 1.33 bits per heavy atom. The Balaban J connectivity index is 2.89. The zero-order chi connectivity index (χ0) is 16.0. The van der Waals surface area contributed by atoms with Crippen LogP contribution >= 0.6 is 0 Å². The van der Waals surface area contributed by atoms with Gasteiger partial charge in [-0.15, -0.1) is 0 Å². The number of carbonyl (C=O) groups excluding carboxylic acids is 2. The van der Waals surface area contributed by atoms with Gasteiger partial charge in [-0.3, -0.25) is 9.59 Å². The van der Waals surface area contributed by atoms with E-state index in [1.807, 2.05) is 0 Å². The molecular weight excluding hydrogens is 289 g/mol. The largest absolute Gasteiger partial charge is 0.469 e. The molecule has 0 aromatic heterocycles. The van der Waals surface area contributed by atoms with E-state index < -0.39 is 24.6 Å². The van der Waals surface area contributed by atoms with Gasteiger partial charge in [0.2, 0.25) is 0 Å². The van der Waals surface area contributed by atoms with Crippen LogP contribution in [0.2, 0.25) is 0 Å². The summed E-state index contributed by atoms with van der Waals surface area (Å²) >= 11 is 0. The van der Waals surface area contributed by atoms with E-state index >= 15 is 0 Å². The predicted octanol–water partition coefficient (Wildman–Crippen LogP) is 1.84. The Morgan fingerprint density at radius 3 is 2.52 bits per heavy atom. The van der Waals surface area contributed by atoms with Crippen LogP contribution in [0, 0.1) is 0 Å². The van der Waals surface area contributed by atoms with Crippen molar-refractivity contribution in [3.05, 3.63) is 29.8 Å². The molecule has 2 N–H and O–H groups in total. The molecule has 0 saturated heterocycles. The van der Waals surface area contributed by atoms with E-state index in [4.69, 9.17) is 5.73 Å². The van der Waals surface area contributed by atoms with E-state index in [1.165, 1.54) is 24.3 Å². The summed E-state index contributed by atoms with van der Waals surface area (Å²) in [5, 5.41) is 0. The SMILES string of the molecule is COC(=O)CCN(CC(F)(F)F)C(=O)c1cccc(N)c1. The number of esters is 1. The topological polar surface area (TPSA) is 72.6 Å². The smallest absolute Gasteiger partial charge is 0.406 e. The van der Waals surface area contributed by atoms with Crippen LogP contribution in [0.1, 0.15) is 16.8 Å². The third-order valence-corrected chi connectivity index (χ3v) is 2.60. The number of halogens is 3. The first-order valence-corrected chi connectivity index (χ1v) is 6.01. The maximum atomic E-state index is 12.5. The van der Waals surface area contributed by atoms with Gasteiger partial charge in [0, 0.05) is 17.8 Å². The number of methoxy groups -OCH3 is 1. The van der Waals surface area contributed by atoms with Crippen LogP contribution in [0.25, 0.3) is 0 Å². The molecule has 0 atom stereocenters. The second kappa shape index (κ2) is 6.96. The number of hydrogen-bond acceptors (Lipinski definition) is 4. The van der Waals surface area contributed by atoms with Crippen molar-refractivity contribution in [1.29, 1.82) is 0 Å². The molecule has 5 nitrogen and oxygen atoms in total. The highest BCUT2D eigenvalue weighted by molar-refractivity contribution is 5.95. The first-order chi connectivity index (χ1) is 9.73. The summed E-state index contributed by atoms with van der Waals surface area (Å²) in [6.45, 7) is -1.84. The number of rotatable bonds is 5. The predicted molar refractivity (Wildman–Crippen MR) is 69.4 cm³/mol. The zero-order valence-corrected chi connectivity index (χ0v) is 11.3. The molecule has 0 heterocycles. The van der Waals surface area contributed by atoms with Crippen LogP contribution in [0.4, 0.5) is 18.9 Å². The van der Waals surface area contributed by atoms with E-state index in [0.717, 1.165) is 7.11 Å². The summed E-state index contributed by atoms with van der Waals surface area (Å²) in [4.78, 5) is 23.7. The molecule has 0 aliphatic rings. The molecule has 0 unspecified atom stereocenters. The Morgan fingerprint density at radius 2 is 2.00 bits per heavy atom. The molecule has 0 fully saturated rings. The van der Waals surface area contributed by atoms with Crippen LogP contribution < -0.4 is 5.73 Å². The lowest BCUT2D eigenvalue weighted by atomic mass is 10.1. The number of amides is 1. The Kier molecular flexibility index (Phi) is 5.57.